The second kappa shape index (κ2) is 5.07. The molecular formula is C16H18N3O2S+. The van der Waals surface area contributed by atoms with Gasteiger partial charge in [0.1, 0.15) is 11.6 Å². The van der Waals surface area contributed by atoms with E-state index in [1.807, 2.05) is 18.2 Å². The van der Waals surface area contributed by atoms with Crippen molar-refractivity contribution in [2.45, 2.75) is 31.3 Å². The number of aromatic nitrogens is 2. The fourth-order valence-electron chi connectivity index (χ4n) is 3.38. The van der Waals surface area contributed by atoms with Gasteiger partial charge in [-0.2, -0.15) is 0 Å². The van der Waals surface area contributed by atoms with Crippen molar-refractivity contribution in [3.8, 4) is 5.88 Å². The summed E-state index contributed by atoms with van der Waals surface area (Å²) in [4.78, 5) is 15.2. The van der Waals surface area contributed by atoms with Crippen molar-refractivity contribution >= 4 is 12.2 Å². The average molecular weight is 316 g/mol. The fourth-order valence-corrected chi connectivity index (χ4v) is 3.70. The number of hydrogen-bond acceptors (Lipinski definition) is 3. The lowest BCUT2D eigenvalue weighted by atomic mass is 9.91. The zero-order valence-electron chi connectivity index (χ0n) is 12.1. The molecule has 114 valence electrons. The Balaban J connectivity index is 1.93. The van der Waals surface area contributed by atoms with Gasteiger partial charge in [0, 0.05) is 18.0 Å². The molecule has 2 aliphatic rings. The van der Waals surface area contributed by atoms with E-state index < -0.39 is 0 Å². The summed E-state index contributed by atoms with van der Waals surface area (Å²) in [6.07, 6.45) is 2.98. The SMILES string of the molecule is O=c1[nH]c(=S)n(C2CC2)c(O)c1[C@H]1[NH2+]CCc2ccccc21. The molecule has 0 unspecified atom stereocenters. The molecule has 2 aromatic rings. The van der Waals surface area contributed by atoms with Gasteiger partial charge in [0.05, 0.1) is 6.54 Å². The zero-order chi connectivity index (χ0) is 15.3. The third kappa shape index (κ3) is 2.10. The smallest absolute Gasteiger partial charge is 0.265 e. The topological polar surface area (TPSA) is 74.6 Å². The number of nitrogens with two attached hydrogens (primary N) is 1. The number of nitrogens with one attached hydrogen (secondary N) is 1. The Morgan fingerprint density at radius 3 is 2.86 bits per heavy atom. The molecule has 0 saturated heterocycles. The molecule has 1 saturated carbocycles. The molecule has 4 N–H and O–H groups in total. The number of aromatic amines is 1. The number of benzene rings is 1. The van der Waals surface area contributed by atoms with Gasteiger partial charge >= 0.3 is 0 Å². The van der Waals surface area contributed by atoms with Gasteiger partial charge in [0.2, 0.25) is 5.88 Å². The first kappa shape index (κ1) is 13.7. The van der Waals surface area contributed by atoms with Crippen molar-refractivity contribution < 1.29 is 10.4 Å². The first-order chi connectivity index (χ1) is 10.7. The van der Waals surface area contributed by atoms with E-state index in [0.29, 0.717) is 10.3 Å². The van der Waals surface area contributed by atoms with Crippen molar-refractivity contribution in [1.82, 2.24) is 9.55 Å². The molecule has 1 aliphatic heterocycles. The van der Waals surface area contributed by atoms with Gasteiger partial charge in [0.15, 0.2) is 4.77 Å². The van der Waals surface area contributed by atoms with Gasteiger partial charge in [-0.1, -0.05) is 24.3 Å². The normalized spacial score (nSPS) is 20.6. The van der Waals surface area contributed by atoms with E-state index in [4.69, 9.17) is 12.2 Å². The summed E-state index contributed by atoms with van der Waals surface area (Å²) in [7, 11) is 0. The molecule has 1 fully saturated rings. The van der Waals surface area contributed by atoms with E-state index in [1.54, 1.807) is 4.57 Å². The van der Waals surface area contributed by atoms with E-state index in [2.05, 4.69) is 16.4 Å². The van der Waals surface area contributed by atoms with Gasteiger partial charge in [-0.15, -0.1) is 0 Å². The van der Waals surface area contributed by atoms with E-state index in [9.17, 15) is 9.90 Å². The van der Waals surface area contributed by atoms with E-state index in [-0.39, 0.29) is 23.5 Å². The Morgan fingerprint density at radius 2 is 2.09 bits per heavy atom. The highest BCUT2D eigenvalue weighted by Gasteiger charge is 2.34. The minimum atomic E-state index is -0.280. The lowest BCUT2D eigenvalue weighted by Gasteiger charge is -2.24. The average Bonchev–Trinajstić information content (AvgIpc) is 3.32. The summed E-state index contributed by atoms with van der Waals surface area (Å²) in [5.74, 6) is 0.0363. The molecule has 22 heavy (non-hydrogen) atoms. The summed E-state index contributed by atoms with van der Waals surface area (Å²) in [5, 5.41) is 12.8. The van der Waals surface area contributed by atoms with Crippen molar-refractivity contribution in [2.24, 2.45) is 0 Å². The molecule has 4 rings (SSSR count). The van der Waals surface area contributed by atoms with Crippen LogP contribution in [0.1, 0.15) is 41.6 Å². The van der Waals surface area contributed by atoms with Gasteiger partial charge in [0.25, 0.3) is 5.56 Å². The van der Waals surface area contributed by atoms with Crippen LogP contribution < -0.4 is 10.9 Å². The van der Waals surface area contributed by atoms with Crippen LogP contribution in [-0.4, -0.2) is 21.2 Å². The van der Waals surface area contributed by atoms with E-state index in [0.717, 1.165) is 31.4 Å². The first-order valence-electron chi connectivity index (χ1n) is 7.65. The van der Waals surface area contributed by atoms with Crippen LogP contribution in [0.2, 0.25) is 0 Å². The van der Waals surface area contributed by atoms with Crippen LogP contribution in [0.15, 0.2) is 29.1 Å². The van der Waals surface area contributed by atoms with Gasteiger partial charge in [-0.3, -0.25) is 14.3 Å². The maximum absolute atomic E-state index is 12.4. The van der Waals surface area contributed by atoms with Crippen LogP contribution in [0.4, 0.5) is 0 Å². The highest BCUT2D eigenvalue weighted by Crippen LogP contribution is 2.39. The Bertz CT molecular complexity index is 851. The monoisotopic (exact) mass is 316 g/mol. The van der Waals surface area contributed by atoms with E-state index in [1.165, 1.54) is 5.56 Å². The molecule has 0 radical (unpaired) electrons. The standard InChI is InChI=1S/C16H17N3O2S/c20-14-12(15(21)19(10-5-6-10)16(22)18-14)13-11-4-2-1-3-9(11)7-8-17-13/h1-4,10,13,17,21H,5-8H2,(H,18,20,22)/p+1/t13-/m0/s1. The lowest BCUT2D eigenvalue weighted by Crippen LogP contribution is -2.87. The second-order valence-corrected chi connectivity index (χ2v) is 6.44. The quantitative estimate of drug-likeness (QED) is 0.728. The Labute approximate surface area is 132 Å². The molecule has 5 nitrogen and oxygen atoms in total. The number of aromatic hydroxyl groups is 1. The van der Waals surface area contributed by atoms with Crippen LogP contribution >= 0.6 is 12.2 Å². The maximum atomic E-state index is 12.4. The van der Waals surface area contributed by atoms with Crippen LogP contribution in [0.3, 0.4) is 0 Å². The Hall–Kier alpha value is -1.92. The largest absolute Gasteiger partial charge is 0.494 e. The van der Waals surface area contributed by atoms with Crippen molar-refractivity contribution in [3.63, 3.8) is 0 Å². The summed E-state index contributed by atoms with van der Waals surface area (Å²) in [5.41, 5.74) is 2.49. The summed E-state index contributed by atoms with van der Waals surface area (Å²) < 4.78 is 2.02. The minimum absolute atomic E-state index is 0.0363. The lowest BCUT2D eigenvalue weighted by molar-refractivity contribution is -0.690. The zero-order valence-corrected chi connectivity index (χ0v) is 12.9. The number of nitrogens with zero attached hydrogens (tertiary/aromatic N) is 1. The number of fused-ring (bicyclic) bond motifs is 1. The number of quaternary nitrogens is 1. The fraction of sp³-hybridized carbons (Fsp3) is 0.375. The maximum Gasteiger partial charge on any atom is 0.265 e. The predicted molar refractivity (Wildman–Crippen MR) is 84.6 cm³/mol. The first-order valence-corrected chi connectivity index (χ1v) is 8.06. The predicted octanol–water partition coefficient (Wildman–Crippen LogP) is 1.16. The molecule has 0 amide bonds. The summed E-state index contributed by atoms with van der Waals surface area (Å²) in [6.45, 7) is 0.902. The van der Waals surface area contributed by atoms with Crippen molar-refractivity contribution in [3.05, 3.63) is 56.1 Å². The Morgan fingerprint density at radius 1 is 1.32 bits per heavy atom. The highest BCUT2D eigenvalue weighted by atomic mass is 32.1. The van der Waals surface area contributed by atoms with Crippen molar-refractivity contribution in [2.75, 3.05) is 6.54 Å². The molecule has 1 aliphatic carbocycles. The molecular weight excluding hydrogens is 298 g/mol. The molecule has 0 spiro atoms. The third-order valence-corrected chi connectivity index (χ3v) is 4.88. The number of rotatable bonds is 2. The third-order valence-electron chi connectivity index (χ3n) is 4.58. The number of H-pyrrole nitrogens is 1. The second-order valence-electron chi connectivity index (χ2n) is 6.05. The van der Waals surface area contributed by atoms with Crippen LogP contribution in [0, 0.1) is 4.77 Å². The highest BCUT2D eigenvalue weighted by molar-refractivity contribution is 7.71. The molecule has 0 bridgehead atoms. The molecule has 2 heterocycles. The molecule has 6 heteroatoms. The van der Waals surface area contributed by atoms with Crippen LogP contribution in [0.5, 0.6) is 5.88 Å². The molecule has 1 atom stereocenters. The molecule has 1 aromatic carbocycles. The van der Waals surface area contributed by atoms with Gasteiger partial charge in [-0.25, -0.2) is 0 Å². The Kier molecular flexibility index (Phi) is 3.16. The van der Waals surface area contributed by atoms with Crippen LogP contribution in [-0.2, 0) is 6.42 Å². The van der Waals surface area contributed by atoms with Gasteiger partial charge in [-0.05, 0) is 30.6 Å². The van der Waals surface area contributed by atoms with Crippen LogP contribution in [0.25, 0.3) is 0 Å². The summed E-state index contributed by atoms with van der Waals surface area (Å²) >= 11 is 5.22. The summed E-state index contributed by atoms with van der Waals surface area (Å²) in [6, 6.07) is 8.18. The minimum Gasteiger partial charge on any atom is -0.494 e. The number of hydrogen-bond donors (Lipinski definition) is 3. The van der Waals surface area contributed by atoms with Gasteiger partial charge < -0.3 is 10.4 Å². The molecule has 1 aromatic heterocycles. The van der Waals surface area contributed by atoms with E-state index >= 15 is 0 Å². The van der Waals surface area contributed by atoms with Crippen molar-refractivity contribution in [1.29, 1.82) is 0 Å².